The minimum atomic E-state index is -0.424. The smallest absolute Gasteiger partial charge is 0.124 e. The van der Waals surface area contributed by atoms with Gasteiger partial charge in [0.1, 0.15) is 5.82 Å². The maximum atomic E-state index is 13.7. The van der Waals surface area contributed by atoms with Gasteiger partial charge in [0.05, 0.1) is 5.60 Å². The van der Waals surface area contributed by atoms with Crippen molar-refractivity contribution >= 4 is 22.9 Å². The van der Waals surface area contributed by atoms with E-state index in [1.165, 1.54) is 0 Å². The summed E-state index contributed by atoms with van der Waals surface area (Å²) in [6, 6.07) is 7.29. The minimum Gasteiger partial charge on any atom is -0.374 e. The Morgan fingerprint density at radius 2 is 1.78 bits per heavy atom. The van der Waals surface area contributed by atoms with Crippen LogP contribution >= 0.6 is 0 Å². The normalized spacial score (nSPS) is 13.6. The van der Waals surface area contributed by atoms with Crippen LogP contribution in [0.5, 0.6) is 0 Å². The number of methoxy groups -OCH3 is 1. The molecule has 0 aliphatic heterocycles. The topological polar surface area (TPSA) is 9.23 Å². The van der Waals surface area contributed by atoms with Crippen molar-refractivity contribution in [3.8, 4) is 0 Å². The zero-order valence-corrected chi connectivity index (χ0v) is 10.8. The maximum absolute atomic E-state index is 13.7. The summed E-state index contributed by atoms with van der Waals surface area (Å²) in [5.41, 5.74) is 2.70. The average Bonchev–Trinajstić information content (AvgIpc) is 2.73. The molecule has 18 heavy (non-hydrogen) atoms. The zero-order valence-electron chi connectivity index (χ0n) is 10.8. The van der Waals surface area contributed by atoms with Crippen molar-refractivity contribution in [2.24, 2.45) is 0 Å². The molecular weight excluding hydrogens is 227 g/mol. The van der Waals surface area contributed by atoms with E-state index in [9.17, 15) is 4.39 Å². The van der Waals surface area contributed by atoms with Gasteiger partial charge in [-0.3, -0.25) is 0 Å². The van der Waals surface area contributed by atoms with Gasteiger partial charge in [0.25, 0.3) is 0 Å². The fourth-order valence-corrected chi connectivity index (χ4v) is 2.59. The number of hydrogen-bond donors (Lipinski definition) is 0. The summed E-state index contributed by atoms with van der Waals surface area (Å²) in [6.45, 7) is 3.99. The number of hydrogen-bond acceptors (Lipinski definition) is 1. The fraction of sp³-hybridized carbons (Fsp3) is 0.250. The van der Waals surface area contributed by atoms with Crippen LogP contribution in [0.25, 0.3) is 22.9 Å². The summed E-state index contributed by atoms with van der Waals surface area (Å²) in [6.07, 6.45) is 3.99. The Morgan fingerprint density at radius 1 is 1.06 bits per heavy atom. The van der Waals surface area contributed by atoms with Crippen LogP contribution < -0.4 is 0 Å². The molecule has 0 heterocycles. The number of ether oxygens (including phenoxy) is 1. The Balaban J connectivity index is 2.41. The van der Waals surface area contributed by atoms with Gasteiger partial charge in [0.2, 0.25) is 0 Å². The minimum absolute atomic E-state index is 0.200. The van der Waals surface area contributed by atoms with Crippen molar-refractivity contribution in [1.82, 2.24) is 0 Å². The maximum Gasteiger partial charge on any atom is 0.124 e. The summed E-state index contributed by atoms with van der Waals surface area (Å²) in [4.78, 5) is 0. The van der Waals surface area contributed by atoms with Gasteiger partial charge in [-0.15, -0.1) is 0 Å². The first-order valence-electron chi connectivity index (χ1n) is 6.03. The lowest BCUT2D eigenvalue weighted by Gasteiger charge is -2.25. The van der Waals surface area contributed by atoms with E-state index in [0.717, 1.165) is 27.5 Å². The van der Waals surface area contributed by atoms with Crippen LogP contribution in [0, 0.1) is 5.82 Å². The first-order chi connectivity index (χ1) is 8.53. The van der Waals surface area contributed by atoms with Gasteiger partial charge in [0, 0.05) is 7.11 Å². The van der Waals surface area contributed by atoms with Gasteiger partial charge < -0.3 is 4.74 Å². The first kappa shape index (κ1) is 11.4. The van der Waals surface area contributed by atoms with Crippen LogP contribution in [0.15, 0.2) is 24.3 Å². The summed E-state index contributed by atoms with van der Waals surface area (Å²) in [5.74, 6) is -0.200. The third-order valence-corrected chi connectivity index (χ3v) is 3.74. The van der Waals surface area contributed by atoms with Gasteiger partial charge in [0.15, 0.2) is 0 Å². The summed E-state index contributed by atoms with van der Waals surface area (Å²) >= 11 is 0. The van der Waals surface area contributed by atoms with E-state index in [-0.39, 0.29) is 5.82 Å². The molecular formula is C16H15FO. The molecule has 0 fully saturated rings. The largest absolute Gasteiger partial charge is 0.374 e. The van der Waals surface area contributed by atoms with Crippen LogP contribution in [0.1, 0.15) is 30.5 Å². The van der Waals surface area contributed by atoms with Crippen LogP contribution in [0.4, 0.5) is 4.39 Å². The molecule has 2 heteroatoms. The zero-order chi connectivity index (χ0) is 12.9. The SMILES string of the molecule is COC(C)(C)c1ccc2c3c(cc(F)cc13)C=C2. The number of rotatable bonds is 2. The molecule has 0 radical (unpaired) electrons. The number of halogens is 1. The van der Waals surface area contributed by atoms with Crippen molar-refractivity contribution in [3.05, 3.63) is 46.8 Å². The molecule has 1 aliphatic carbocycles. The molecule has 0 spiro atoms. The highest BCUT2D eigenvalue weighted by Crippen LogP contribution is 2.38. The summed E-state index contributed by atoms with van der Waals surface area (Å²) in [5, 5.41) is 2.07. The van der Waals surface area contributed by atoms with Crippen molar-refractivity contribution in [2.75, 3.05) is 7.11 Å². The molecule has 3 rings (SSSR count). The van der Waals surface area contributed by atoms with Gasteiger partial charge in [-0.1, -0.05) is 24.3 Å². The molecule has 92 valence electrons. The van der Waals surface area contributed by atoms with E-state index in [4.69, 9.17) is 4.74 Å². The molecule has 0 N–H and O–H groups in total. The van der Waals surface area contributed by atoms with Crippen LogP contribution in [-0.4, -0.2) is 7.11 Å². The Kier molecular flexibility index (Phi) is 2.32. The quantitative estimate of drug-likeness (QED) is 0.649. The van der Waals surface area contributed by atoms with Gasteiger partial charge >= 0.3 is 0 Å². The first-order valence-corrected chi connectivity index (χ1v) is 6.03. The predicted molar refractivity (Wildman–Crippen MR) is 72.9 cm³/mol. The van der Waals surface area contributed by atoms with Crippen molar-refractivity contribution in [3.63, 3.8) is 0 Å². The molecule has 0 amide bonds. The Hall–Kier alpha value is -1.67. The van der Waals surface area contributed by atoms with E-state index < -0.39 is 5.60 Å². The second kappa shape index (κ2) is 3.66. The Morgan fingerprint density at radius 3 is 2.50 bits per heavy atom. The molecule has 2 aromatic carbocycles. The summed E-state index contributed by atoms with van der Waals surface area (Å²) < 4.78 is 19.2. The van der Waals surface area contributed by atoms with E-state index in [1.54, 1.807) is 19.2 Å². The standard InChI is InChI=1S/C16H15FO/c1-16(2,18-3)14-7-6-10-4-5-11-8-12(17)9-13(14)15(10)11/h4-9H,1-3H3. The molecule has 0 saturated heterocycles. The lowest BCUT2D eigenvalue weighted by atomic mass is 9.90. The molecule has 0 unspecified atom stereocenters. The molecule has 0 bridgehead atoms. The lowest BCUT2D eigenvalue weighted by Crippen LogP contribution is -2.19. The third kappa shape index (κ3) is 1.49. The van der Waals surface area contributed by atoms with E-state index >= 15 is 0 Å². The van der Waals surface area contributed by atoms with E-state index in [2.05, 4.69) is 6.07 Å². The molecule has 0 aromatic heterocycles. The van der Waals surface area contributed by atoms with Gasteiger partial charge in [-0.2, -0.15) is 0 Å². The second-order valence-electron chi connectivity index (χ2n) is 5.17. The van der Waals surface area contributed by atoms with Gasteiger partial charge in [-0.25, -0.2) is 4.39 Å². The highest BCUT2D eigenvalue weighted by atomic mass is 19.1. The van der Waals surface area contributed by atoms with Gasteiger partial charge in [-0.05, 0) is 53.4 Å². The molecule has 1 nitrogen and oxygen atoms in total. The second-order valence-corrected chi connectivity index (χ2v) is 5.17. The molecule has 2 aromatic rings. The van der Waals surface area contributed by atoms with Crippen LogP contribution in [0.2, 0.25) is 0 Å². The average molecular weight is 242 g/mol. The number of benzene rings is 2. The van der Waals surface area contributed by atoms with Crippen molar-refractivity contribution < 1.29 is 9.13 Å². The molecule has 1 aliphatic rings. The highest BCUT2D eigenvalue weighted by Gasteiger charge is 2.24. The van der Waals surface area contributed by atoms with Crippen molar-refractivity contribution in [2.45, 2.75) is 19.4 Å². The Labute approximate surface area is 106 Å². The van der Waals surface area contributed by atoms with Crippen molar-refractivity contribution in [1.29, 1.82) is 0 Å². The van der Waals surface area contributed by atoms with Crippen LogP contribution in [0.3, 0.4) is 0 Å². The highest BCUT2D eigenvalue weighted by molar-refractivity contribution is 6.06. The molecule has 0 saturated carbocycles. The fourth-order valence-electron chi connectivity index (χ4n) is 2.59. The van der Waals surface area contributed by atoms with Crippen LogP contribution in [-0.2, 0) is 10.3 Å². The summed E-state index contributed by atoms with van der Waals surface area (Å²) in [7, 11) is 1.68. The van der Waals surface area contributed by atoms with E-state index in [0.29, 0.717) is 0 Å². The predicted octanol–water partition coefficient (Wildman–Crippen LogP) is 4.34. The molecule has 0 atom stereocenters. The monoisotopic (exact) mass is 242 g/mol. The lowest BCUT2D eigenvalue weighted by molar-refractivity contribution is 0.0205. The third-order valence-electron chi connectivity index (χ3n) is 3.74. The van der Waals surface area contributed by atoms with E-state index in [1.807, 2.05) is 32.1 Å². The Bertz CT molecular complexity index is 668.